The standard InChI is InChI=1S/C19H23N7/c1-25-12-15(10-23-25)13-26-8-2-3-17(14-26)16-4-5-21-18(9-16)24-19-11-20-6-7-22-19/h4-7,9-12,17H,2-3,8,13-14H2,1H3,(H,21,22,24)/t17-/m0/s1. The summed E-state index contributed by atoms with van der Waals surface area (Å²) in [4.78, 5) is 15.3. The second kappa shape index (κ2) is 7.61. The van der Waals surface area contributed by atoms with Crippen LogP contribution in [0.3, 0.4) is 0 Å². The monoisotopic (exact) mass is 349 g/mol. The molecular formula is C19H23N7. The Morgan fingerprint density at radius 2 is 2.08 bits per heavy atom. The molecule has 1 fully saturated rings. The molecule has 3 aromatic heterocycles. The second-order valence-electron chi connectivity index (χ2n) is 6.79. The van der Waals surface area contributed by atoms with Gasteiger partial charge in [-0.3, -0.25) is 14.6 Å². The summed E-state index contributed by atoms with van der Waals surface area (Å²) in [5.41, 5.74) is 2.59. The lowest BCUT2D eigenvalue weighted by molar-refractivity contribution is 0.200. The van der Waals surface area contributed by atoms with E-state index < -0.39 is 0 Å². The number of piperidine rings is 1. The number of hydrogen-bond donors (Lipinski definition) is 1. The predicted molar refractivity (Wildman–Crippen MR) is 100 cm³/mol. The van der Waals surface area contributed by atoms with E-state index in [0.29, 0.717) is 11.7 Å². The van der Waals surface area contributed by atoms with E-state index in [-0.39, 0.29) is 0 Å². The minimum absolute atomic E-state index is 0.519. The van der Waals surface area contributed by atoms with Crippen LogP contribution in [0.5, 0.6) is 0 Å². The first-order valence-electron chi connectivity index (χ1n) is 8.95. The third-order valence-electron chi connectivity index (χ3n) is 4.74. The lowest BCUT2D eigenvalue weighted by atomic mass is 9.91. The summed E-state index contributed by atoms with van der Waals surface area (Å²) in [6, 6.07) is 4.26. The highest BCUT2D eigenvalue weighted by Crippen LogP contribution is 2.29. The Morgan fingerprint density at radius 3 is 2.88 bits per heavy atom. The number of nitrogens with one attached hydrogen (secondary N) is 1. The molecule has 1 atom stereocenters. The molecule has 7 nitrogen and oxygen atoms in total. The molecule has 134 valence electrons. The molecule has 1 N–H and O–H groups in total. The van der Waals surface area contributed by atoms with Crippen molar-refractivity contribution in [3.05, 3.63) is 60.4 Å². The predicted octanol–water partition coefficient (Wildman–Crippen LogP) is 2.73. The zero-order valence-electron chi connectivity index (χ0n) is 14.9. The Morgan fingerprint density at radius 1 is 1.15 bits per heavy atom. The van der Waals surface area contributed by atoms with E-state index in [9.17, 15) is 0 Å². The van der Waals surface area contributed by atoms with Crippen molar-refractivity contribution >= 4 is 11.6 Å². The van der Waals surface area contributed by atoms with E-state index in [1.54, 1.807) is 18.6 Å². The van der Waals surface area contributed by atoms with Gasteiger partial charge in [-0.1, -0.05) is 0 Å². The van der Waals surface area contributed by atoms with Crippen LogP contribution >= 0.6 is 0 Å². The molecule has 3 aromatic rings. The lowest BCUT2D eigenvalue weighted by Crippen LogP contribution is -2.33. The molecule has 0 radical (unpaired) electrons. The van der Waals surface area contributed by atoms with Crippen LogP contribution in [0, 0.1) is 0 Å². The normalized spacial score (nSPS) is 18.0. The molecular weight excluding hydrogens is 326 g/mol. The van der Waals surface area contributed by atoms with Gasteiger partial charge in [0, 0.05) is 50.5 Å². The van der Waals surface area contributed by atoms with Crippen LogP contribution in [-0.4, -0.2) is 42.7 Å². The fourth-order valence-electron chi connectivity index (χ4n) is 3.55. The van der Waals surface area contributed by atoms with Gasteiger partial charge >= 0.3 is 0 Å². The van der Waals surface area contributed by atoms with E-state index in [0.717, 1.165) is 25.5 Å². The first-order chi connectivity index (χ1) is 12.8. The largest absolute Gasteiger partial charge is 0.324 e. The van der Waals surface area contributed by atoms with Gasteiger partial charge in [0.1, 0.15) is 11.6 Å². The molecule has 7 heteroatoms. The van der Waals surface area contributed by atoms with Gasteiger partial charge in [-0.15, -0.1) is 0 Å². The molecule has 0 unspecified atom stereocenters. The zero-order valence-corrected chi connectivity index (χ0v) is 14.9. The van der Waals surface area contributed by atoms with Crippen LogP contribution in [0.25, 0.3) is 0 Å². The highest BCUT2D eigenvalue weighted by atomic mass is 15.2. The van der Waals surface area contributed by atoms with Crippen LogP contribution in [-0.2, 0) is 13.6 Å². The van der Waals surface area contributed by atoms with Crippen molar-refractivity contribution in [1.82, 2.24) is 29.6 Å². The number of anilines is 2. The fraction of sp³-hybridized carbons (Fsp3) is 0.368. The molecule has 0 amide bonds. The van der Waals surface area contributed by atoms with E-state index in [2.05, 4.69) is 48.6 Å². The number of nitrogens with zero attached hydrogens (tertiary/aromatic N) is 6. The second-order valence-corrected chi connectivity index (χ2v) is 6.79. The molecule has 0 aliphatic carbocycles. The summed E-state index contributed by atoms with van der Waals surface area (Å²) in [5.74, 6) is 2.04. The number of rotatable bonds is 5. The summed E-state index contributed by atoms with van der Waals surface area (Å²) in [5, 5.41) is 7.50. The van der Waals surface area contributed by atoms with Crippen molar-refractivity contribution in [2.75, 3.05) is 18.4 Å². The third kappa shape index (κ3) is 4.05. The number of aryl methyl sites for hydroxylation is 1. The summed E-state index contributed by atoms with van der Waals surface area (Å²) in [6.07, 6.45) is 13.4. The van der Waals surface area contributed by atoms with Crippen molar-refractivity contribution in [2.24, 2.45) is 7.05 Å². The molecule has 26 heavy (non-hydrogen) atoms. The quantitative estimate of drug-likeness (QED) is 0.764. The smallest absolute Gasteiger partial charge is 0.150 e. The van der Waals surface area contributed by atoms with Gasteiger partial charge in [0.05, 0.1) is 12.4 Å². The average molecular weight is 349 g/mol. The maximum absolute atomic E-state index is 4.42. The molecule has 0 saturated carbocycles. The molecule has 1 saturated heterocycles. The first kappa shape index (κ1) is 16.7. The minimum atomic E-state index is 0.519. The Kier molecular flexibility index (Phi) is 4.88. The molecule has 0 aromatic carbocycles. The minimum Gasteiger partial charge on any atom is -0.324 e. The SMILES string of the molecule is Cn1cc(CN2CCC[C@H](c3ccnc(Nc4cnccn4)c3)C2)cn1. The molecule has 1 aliphatic heterocycles. The summed E-state index contributed by atoms with van der Waals surface area (Å²) in [6.45, 7) is 3.16. The Hall–Kier alpha value is -2.80. The van der Waals surface area contributed by atoms with Gasteiger partial charge < -0.3 is 5.32 Å². The van der Waals surface area contributed by atoms with Gasteiger partial charge in [-0.2, -0.15) is 5.10 Å². The third-order valence-corrected chi connectivity index (χ3v) is 4.74. The van der Waals surface area contributed by atoms with E-state index in [1.807, 2.05) is 24.1 Å². The molecule has 0 spiro atoms. The molecule has 4 rings (SSSR count). The van der Waals surface area contributed by atoms with E-state index in [4.69, 9.17) is 0 Å². The van der Waals surface area contributed by atoms with Gasteiger partial charge in [0.25, 0.3) is 0 Å². The summed E-state index contributed by atoms with van der Waals surface area (Å²) >= 11 is 0. The van der Waals surface area contributed by atoms with Gasteiger partial charge in [0.15, 0.2) is 0 Å². The maximum atomic E-state index is 4.42. The number of likely N-dealkylation sites (tertiary alicyclic amines) is 1. The van der Waals surface area contributed by atoms with Crippen molar-refractivity contribution in [2.45, 2.75) is 25.3 Å². The molecule has 0 bridgehead atoms. The highest BCUT2D eigenvalue weighted by Gasteiger charge is 2.22. The molecule has 1 aliphatic rings. The number of hydrogen-bond acceptors (Lipinski definition) is 6. The Balaban J connectivity index is 1.44. The fourth-order valence-corrected chi connectivity index (χ4v) is 3.55. The van der Waals surface area contributed by atoms with Crippen molar-refractivity contribution < 1.29 is 0 Å². The summed E-state index contributed by atoms with van der Waals surface area (Å²) < 4.78 is 1.87. The number of aromatic nitrogens is 5. The van der Waals surface area contributed by atoms with Crippen LogP contribution in [0.15, 0.2) is 49.3 Å². The average Bonchev–Trinajstić information content (AvgIpc) is 3.08. The van der Waals surface area contributed by atoms with Gasteiger partial charge in [-0.25, -0.2) is 9.97 Å². The lowest BCUT2D eigenvalue weighted by Gasteiger charge is -2.32. The summed E-state index contributed by atoms with van der Waals surface area (Å²) in [7, 11) is 1.96. The van der Waals surface area contributed by atoms with Crippen LogP contribution < -0.4 is 5.32 Å². The van der Waals surface area contributed by atoms with Crippen LogP contribution in [0.4, 0.5) is 11.6 Å². The van der Waals surface area contributed by atoms with E-state index in [1.165, 1.54) is 24.0 Å². The number of pyridine rings is 1. The van der Waals surface area contributed by atoms with Gasteiger partial charge in [-0.05, 0) is 43.0 Å². The highest BCUT2D eigenvalue weighted by molar-refractivity contribution is 5.51. The Labute approximate surface area is 153 Å². The van der Waals surface area contributed by atoms with Crippen LogP contribution in [0.2, 0.25) is 0 Å². The van der Waals surface area contributed by atoms with Gasteiger partial charge in [0.2, 0.25) is 0 Å². The topological polar surface area (TPSA) is 71.8 Å². The maximum Gasteiger partial charge on any atom is 0.150 e. The molecule has 4 heterocycles. The van der Waals surface area contributed by atoms with E-state index >= 15 is 0 Å². The first-order valence-corrected chi connectivity index (χ1v) is 8.95. The van der Waals surface area contributed by atoms with Crippen LogP contribution in [0.1, 0.15) is 29.9 Å². The van der Waals surface area contributed by atoms with Crippen molar-refractivity contribution in [1.29, 1.82) is 0 Å². The van der Waals surface area contributed by atoms with Crippen molar-refractivity contribution in [3.63, 3.8) is 0 Å². The van der Waals surface area contributed by atoms with Crippen molar-refractivity contribution in [3.8, 4) is 0 Å². The zero-order chi connectivity index (χ0) is 17.8. The Bertz CT molecular complexity index is 846.